The van der Waals surface area contributed by atoms with E-state index in [2.05, 4.69) is 15.9 Å². The number of halogens is 1. The summed E-state index contributed by atoms with van der Waals surface area (Å²) in [6.45, 7) is 5.18. The van der Waals surface area contributed by atoms with E-state index in [0.29, 0.717) is 0 Å². The van der Waals surface area contributed by atoms with Gasteiger partial charge in [0.25, 0.3) is 11.8 Å². The lowest BCUT2D eigenvalue weighted by atomic mass is 10.4. The van der Waals surface area contributed by atoms with E-state index in [1.165, 1.54) is 6.92 Å². The van der Waals surface area contributed by atoms with Crippen molar-refractivity contribution in [2.24, 2.45) is 0 Å². The molecule has 0 spiro atoms. The monoisotopic (exact) mass is 261 g/mol. The SMILES string of the molecule is CC.CC(=O)CN1C(=O)C=C(Br)C1=O. The molecular weight excluding hydrogens is 250 g/mol. The van der Waals surface area contributed by atoms with Crippen LogP contribution < -0.4 is 0 Å². The Bertz CT molecular complexity index is 296. The maximum absolute atomic E-state index is 11.1. The van der Waals surface area contributed by atoms with Gasteiger partial charge < -0.3 is 0 Å². The van der Waals surface area contributed by atoms with Gasteiger partial charge in [-0.2, -0.15) is 0 Å². The molecule has 4 nitrogen and oxygen atoms in total. The van der Waals surface area contributed by atoms with E-state index in [1.54, 1.807) is 0 Å². The minimum atomic E-state index is -0.449. The molecule has 0 saturated heterocycles. The summed E-state index contributed by atoms with van der Waals surface area (Å²) in [6.07, 6.45) is 1.16. The largest absolute Gasteiger partial charge is 0.298 e. The Labute approximate surface area is 91.1 Å². The normalized spacial score (nSPS) is 14.9. The number of amides is 2. The lowest BCUT2D eigenvalue weighted by molar-refractivity contribution is -0.140. The first-order valence-electron chi connectivity index (χ1n) is 4.25. The lowest BCUT2D eigenvalue weighted by Crippen LogP contribution is -2.34. The molecule has 1 aliphatic heterocycles. The molecule has 1 heterocycles. The maximum Gasteiger partial charge on any atom is 0.268 e. The van der Waals surface area contributed by atoms with E-state index in [0.717, 1.165) is 11.0 Å². The molecule has 5 heteroatoms. The van der Waals surface area contributed by atoms with E-state index in [1.807, 2.05) is 13.8 Å². The highest BCUT2D eigenvalue weighted by Crippen LogP contribution is 2.17. The summed E-state index contributed by atoms with van der Waals surface area (Å²) in [5.74, 6) is -1.11. The van der Waals surface area contributed by atoms with Crippen LogP contribution in [0.1, 0.15) is 20.8 Å². The van der Waals surface area contributed by atoms with Crippen LogP contribution in [0.15, 0.2) is 10.6 Å². The quantitative estimate of drug-likeness (QED) is 0.704. The highest BCUT2D eigenvalue weighted by Gasteiger charge is 2.29. The van der Waals surface area contributed by atoms with Crippen molar-refractivity contribution in [2.75, 3.05) is 6.54 Å². The Hall–Kier alpha value is -0.970. The van der Waals surface area contributed by atoms with Crippen molar-refractivity contribution in [3.63, 3.8) is 0 Å². The smallest absolute Gasteiger partial charge is 0.268 e. The average Bonchev–Trinajstić information content (AvgIpc) is 2.35. The summed E-state index contributed by atoms with van der Waals surface area (Å²) in [7, 11) is 0. The Kier molecular flexibility index (Phi) is 5.30. The van der Waals surface area contributed by atoms with Crippen LogP contribution in [-0.4, -0.2) is 29.0 Å². The van der Waals surface area contributed by atoms with Gasteiger partial charge in [-0.15, -0.1) is 0 Å². The van der Waals surface area contributed by atoms with Gasteiger partial charge >= 0.3 is 0 Å². The summed E-state index contributed by atoms with van der Waals surface area (Å²) in [6, 6.07) is 0. The van der Waals surface area contributed by atoms with Crippen molar-refractivity contribution in [2.45, 2.75) is 20.8 Å². The zero-order valence-electron chi connectivity index (χ0n) is 8.33. The number of nitrogens with zero attached hydrogens (tertiary/aromatic N) is 1. The highest BCUT2D eigenvalue weighted by molar-refractivity contribution is 9.12. The number of carbonyl (C=O) groups is 3. The predicted octanol–water partition coefficient (Wildman–Crippen LogP) is 1.25. The van der Waals surface area contributed by atoms with Crippen molar-refractivity contribution >= 4 is 33.5 Å². The van der Waals surface area contributed by atoms with Crippen LogP contribution in [0.4, 0.5) is 0 Å². The van der Waals surface area contributed by atoms with Crippen molar-refractivity contribution in [3.05, 3.63) is 10.6 Å². The summed E-state index contributed by atoms with van der Waals surface area (Å²) in [5, 5.41) is 0. The molecule has 0 aromatic carbocycles. The van der Waals surface area contributed by atoms with Gasteiger partial charge in [0.05, 0.1) is 11.0 Å². The zero-order valence-corrected chi connectivity index (χ0v) is 9.92. The van der Waals surface area contributed by atoms with E-state index < -0.39 is 11.8 Å². The first-order chi connectivity index (χ1) is 6.52. The number of Topliss-reactive ketones (excluding diaryl/α,β-unsaturated/α-hetero) is 1. The van der Waals surface area contributed by atoms with Crippen LogP contribution in [0.3, 0.4) is 0 Å². The number of ketones is 1. The third-order valence-electron chi connectivity index (χ3n) is 1.35. The van der Waals surface area contributed by atoms with Crippen molar-refractivity contribution in [1.29, 1.82) is 0 Å². The number of carbonyl (C=O) groups excluding carboxylic acids is 3. The highest BCUT2D eigenvalue weighted by atomic mass is 79.9. The molecular formula is C9H12BrNO3. The molecule has 0 fully saturated rings. The molecule has 0 N–H and O–H groups in total. The maximum atomic E-state index is 11.1. The summed E-state index contributed by atoms with van der Waals surface area (Å²) in [4.78, 5) is 33.6. The van der Waals surface area contributed by atoms with E-state index >= 15 is 0 Å². The molecule has 2 amide bonds. The number of hydrogen-bond acceptors (Lipinski definition) is 3. The fourth-order valence-electron chi connectivity index (χ4n) is 0.849. The summed E-state index contributed by atoms with van der Waals surface area (Å²) in [5.41, 5.74) is 0. The molecule has 78 valence electrons. The summed E-state index contributed by atoms with van der Waals surface area (Å²) >= 11 is 2.91. The van der Waals surface area contributed by atoms with Gasteiger partial charge in [0.1, 0.15) is 5.78 Å². The van der Waals surface area contributed by atoms with Gasteiger partial charge in [-0.3, -0.25) is 19.3 Å². The molecule has 0 aromatic rings. The second-order valence-electron chi connectivity index (χ2n) is 2.42. The first-order valence-corrected chi connectivity index (χ1v) is 5.04. The molecule has 0 aliphatic carbocycles. The van der Waals surface area contributed by atoms with E-state index in [4.69, 9.17) is 0 Å². The van der Waals surface area contributed by atoms with Gasteiger partial charge in [0.15, 0.2) is 0 Å². The third-order valence-corrected chi connectivity index (χ3v) is 1.91. The molecule has 0 aromatic heterocycles. The predicted molar refractivity (Wildman–Crippen MR) is 55.8 cm³/mol. The zero-order chi connectivity index (χ0) is 11.3. The average molecular weight is 262 g/mol. The van der Waals surface area contributed by atoms with Gasteiger partial charge in [0, 0.05) is 6.08 Å². The standard InChI is InChI=1S/C7H6BrNO3.C2H6/c1-4(10)3-9-6(11)2-5(8)7(9)12;1-2/h2H,3H2,1H3;1-2H3. The van der Waals surface area contributed by atoms with Crippen LogP contribution in [0, 0.1) is 0 Å². The fourth-order valence-corrected chi connectivity index (χ4v) is 1.26. The van der Waals surface area contributed by atoms with E-state index in [-0.39, 0.29) is 16.8 Å². The van der Waals surface area contributed by atoms with Crippen molar-refractivity contribution in [1.82, 2.24) is 4.90 Å². The van der Waals surface area contributed by atoms with Crippen LogP contribution in [0.25, 0.3) is 0 Å². The Balaban J connectivity index is 0.000000791. The van der Waals surface area contributed by atoms with Gasteiger partial charge in [0.2, 0.25) is 0 Å². The van der Waals surface area contributed by atoms with Gasteiger partial charge in [-0.1, -0.05) is 13.8 Å². The lowest BCUT2D eigenvalue weighted by Gasteiger charge is -2.10. The molecule has 1 aliphatic rings. The number of rotatable bonds is 2. The Morgan fingerprint density at radius 3 is 2.21 bits per heavy atom. The minimum Gasteiger partial charge on any atom is -0.298 e. The molecule has 0 unspecified atom stereocenters. The molecule has 0 radical (unpaired) electrons. The molecule has 0 saturated carbocycles. The number of hydrogen-bond donors (Lipinski definition) is 0. The Morgan fingerprint density at radius 2 is 1.93 bits per heavy atom. The van der Waals surface area contributed by atoms with Crippen molar-refractivity contribution < 1.29 is 14.4 Å². The van der Waals surface area contributed by atoms with Crippen LogP contribution >= 0.6 is 15.9 Å². The van der Waals surface area contributed by atoms with E-state index in [9.17, 15) is 14.4 Å². The van der Waals surface area contributed by atoms with Crippen LogP contribution in [-0.2, 0) is 14.4 Å². The molecule has 1 rings (SSSR count). The van der Waals surface area contributed by atoms with Crippen LogP contribution in [0.2, 0.25) is 0 Å². The third kappa shape index (κ3) is 3.06. The Morgan fingerprint density at radius 1 is 1.43 bits per heavy atom. The van der Waals surface area contributed by atoms with Gasteiger partial charge in [-0.05, 0) is 22.9 Å². The minimum absolute atomic E-state index is 0.150. The molecule has 0 atom stereocenters. The van der Waals surface area contributed by atoms with Gasteiger partial charge in [-0.25, -0.2) is 0 Å². The second kappa shape index (κ2) is 5.70. The van der Waals surface area contributed by atoms with Crippen molar-refractivity contribution in [3.8, 4) is 0 Å². The molecule has 0 bridgehead atoms. The summed E-state index contributed by atoms with van der Waals surface area (Å²) < 4.78 is 0.203. The topological polar surface area (TPSA) is 54.5 Å². The number of imide groups is 1. The first kappa shape index (κ1) is 13.0. The second-order valence-corrected chi connectivity index (χ2v) is 3.28. The molecule has 14 heavy (non-hydrogen) atoms. The van der Waals surface area contributed by atoms with Crippen LogP contribution in [0.5, 0.6) is 0 Å². The fraction of sp³-hybridized carbons (Fsp3) is 0.444.